The topological polar surface area (TPSA) is 37.4 Å². The Hall–Kier alpha value is -1.85. The van der Waals surface area contributed by atoms with Gasteiger partial charge < -0.3 is 0 Å². The lowest BCUT2D eigenvalue weighted by Gasteiger charge is -2.12. The van der Waals surface area contributed by atoms with Gasteiger partial charge in [0.15, 0.2) is 0 Å². The molecule has 2 aromatic rings. The van der Waals surface area contributed by atoms with E-state index in [0.29, 0.717) is 10.6 Å². The Morgan fingerprint density at radius 1 is 1.10 bits per heavy atom. The molecule has 0 aliphatic carbocycles. The average Bonchev–Trinajstić information content (AvgIpc) is 3.02. The first-order valence-corrected chi connectivity index (χ1v) is 7.73. The van der Waals surface area contributed by atoms with Crippen LogP contribution in [-0.4, -0.2) is 11.1 Å². The van der Waals surface area contributed by atoms with E-state index in [2.05, 4.69) is 0 Å². The van der Waals surface area contributed by atoms with Crippen LogP contribution in [0.3, 0.4) is 0 Å². The van der Waals surface area contributed by atoms with Crippen molar-refractivity contribution in [1.82, 2.24) is 0 Å². The van der Waals surface area contributed by atoms with Gasteiger partial charge in [0.2, 0.25) is 0 Å². The van der Waals surface area contributed by atoms with Gasteiger partial charge in [-0.3, -0.25) is 9.59 Å². The van der Waals surface area contributed by atoms with Crippen LogP contribution in [-0.2, 0) is 4.79 Å². The molecule has 0 spiro atoms. The second-order valence-corrected chi connectivity index (χ2v) is 6.34. The molecule has 0 N–H and O–H groups in total. The van der Waals surface area contributed by atoms with Crippen molar-refractivity contribution < 1.29 is 9.59 Å². The van der Waals surface area contributed by atoms with Crippen molar-refractivity contribution >= 4 is 46.0 Å². The van der Waals surface area contributed by atoms with Crippen LogP contribution in [0.4, 0.5) is 10.5 Å². The molecule has 0 saturated carbocycles. The quantitative estimate of drug-likeness (QED) is 0.776. The van der Waals surface area contributed by atoms with Crippen molar-refractivity contribution in [3.05, 3.63) is 57.1 Å². The smallest absolute Gasteiger partial charge is 0.268 e. The van der Waals surface area contributed by atoms with E-state index in [0.717, 1.165) is 22.2 Å². The van der Waals surface area contributed by atoms with Gasteiger partial charge >= 0.3 is 0 Å². The average molecular weight is 301 g/mol. The molecule has 0 atom stereocenters. The number of hydrogen-bond donors (Lipinski definition) is 0. The van der Waals surface area contributed by atoms with Gasteiger partial charge in [0.25, 0.3) is 11.1 Å². The molecule has 100 valence electrons. The van der Waals surface area contributed by atoms with Gasteiger partial charge in [-0.25, -0.2) is 4.90 Å². The number of thiophene rings is 1. The summed E-state index contributed by atoms with van der Waals surface area (Å²) in [6, 6.07) is 11.2. The van der Waals surface area contributed by atoms with Crippen molar-refractivity contribution in [2.75, 3.05) is 4.90 Å². The van der Waals surface area contributed by atoms with Crippen molar-refractivity contribution in [1.29, 1.82) is 0 Å². The Morgan fingerprint density at radius 3 is 2.50 bits per heavy atom. The predicted octanol–water partition coefficient (Wildman–Crippen LogP) is 4.30. The van der Waals surface area contributed by atoms with Crippen LogP contribution in [0, 0.1) is 6.92 Å². The number of carbonyl (C=O) groups is 2. The van der Waals surface area contributed by atoms with E-state index < -0.39 is 0 Å². The highest BCUT2D eigenvalue weighted by molar-refractivity contribution is 8.19. The van der Waals surface area contributed by atoms with E-state index in [4.69, 9.17) is 0 Å². The molecule has 1 aromatic heterocycles. The first-order chi connectivity index (χ1) is 9.65. The molecule has 1 aliphatic heterocycles. The summed E-state index contributed by atoms with van der Waals surface area (Å²) in [4.78, 5) is 27.1. The number of aryl methyl sites for hydroxylation is 1. The first-order valence-electron chi connectivity index (χ1n) is 6.03. The molecular formula is C15H11NO2S2. The highest BCUT2D eigenvalue weighted by Crippen LogP contribution is 2.36. The second-order valence-electron chi connectivity index (χ2n) is 4.37. The van der Waals surface area contributed by atoms with E-state index in [1.165, 1.54) is 4.90 Å². The fourth-order valence-electron chi connectivity index (χ4n) is 1.89. The molecule has 0 bridgehead atoms. The second kappa shape index (κ2) is 5.26. The third-order valence-electron chi connectivity index (χ3n) is 2.90. The van der Waals surface area contributed by atoms with Gasteiger partial charge in [-0.05, 0) is 48.3 Å². The van der Waals surface area contributed by atoms with Gasteiger partial charge in [-0.1, -0.05) is 23.8 Å². The minimum atomic E-state index is -0.253. The predicted molar refractivity (Wildman–Crippen MR) is 83.9 cm³/mol. The number of hydrogen-bond acceptors (Lipinski definition) is 4. The Bertz CT molecular complexity index is 687. The lowest BCUT2D eigenvalue weighted by atomic mass is 10.2. The van der Waals surface area contributed by atoms with Crippen LogP contribution in [0.1, 0.15) is 10.4 Å². The zero-order chi connectivity index (χ0) is 14.1. The Labute approximate surface area is 124 Å². The molecule has 0 radical (unpaired) electrons. The van der Waals surface area contributed by atoms with Crippen molar-refractivity contribution in [2.24, 2.45) is 0 Å². The number of imide groups is 1. The van der Waals surface area contributed by atoms with Crippen molar-refractivity contribution in [3.8, 4) is 0 Å². The normalized spacial score (nSPS) is 17.2. The number of amides is 2. The number of anilines is 1. The van der Waals surface area contributed by atoms with Gasteiger partial charge in [0.1, 0.15) is 0 Å². The summed E-state index contributed by atoms with van der Waals surface area (Å²) in [7, 11) is 0. The maximum atomic E-state index is 12.3. The molecule has 1 aliphatic rings. The molecule has 2 amide bonds. The van der Waals surface area contributed by atoms with Crippen LogP contribution >= 0.6 is 23.1 Å². The largest absolute Gasteiger partial charge is 0.298 e. The van der Waals surface area contributed by atoms with Crippen molar-refractivity contribution in [3.63, 3.8) is 0 Å². The maximum absolute atomic E-state index is 12.3. The highest BCUT2D eigenvalue weighted by Gasteiger charge is 2.36. The van der Waals surface area contributed by atoms with Gasteiger partial charge in [-0.15, -0.1) is 11.3 Å². The molecule has 2 heterocycles. The lowest BCUT2D eigenvalue weighted by molar-refractivity contribution is -0.113. The number of carbonyl (C=O) groups excluding carboxylic acids is 2. The van der Waals surface area contributed by atoms with Crippen LogP contribution < -0.4 is 4.90 Å². The minimum absolute atomic E-state index is 0.248. The summed E-state index contributed by atoms with van der Waals surface area (Å²) in [5.74, 6) is -0.253. The van der Waals surface area contributed by atoms with Crippen LogP contribution in [0.5, 0.6) is 0 Å². The zero-order valence-corrected chi connectivity index (χ0v) is 12.3. The number of thioether (sulfide) groups is 1. The monoisotopic (exact) mass is 301 g/mol. The molecule has 3 nitrogen and oxygen atoms in total. The standard InChI is InChI=1S/C15H11NO2S2/c1-10-4-6-11(7-5-10)16-14(17)13(20-15(16)18)9-12-3-2-8-19-12/h2-9H,1H3/b13-9+. The molecule has 20 heavy (non-hydrogen) atoms. The van der Waals surface area contributed by atoms with E-state index >= 15 is 0 Å². The number of rotatable bonds is 2. The van der Waals surface area contributed by atoms with Crippen molar-refractivity contribution in [2.45, 2.75) is 6.92 Å². The molecule has 1 fully saturated rings. The molecular weight excluding hydrogens is 290 g/mol. The van der Waals surface area contributed by atoms with Gasteiger partial charge in [-0.2, -0.15) is 0 Å². The Kier molecular flexibility index (Phi) is 3.46. The lowest BCUT2D eigenvalue weighted by Crippen LogP contribution is -2.27. The third kappa shape index (κ3) is 2.42. The Morgan fingerprint density at radius 2 is 1.85 bits per heavy atom. The highest BCUT2D eigenvalue weighted by atomic mass is 32.2. The first kappa shape index (κ1) is 13.1. The molecule has 1 aromatic carbocycles. The van der Waals surface area contributed by atoms with E-state index in [1.807, 2.05) is 36.6 Å². The van der Waals surface area contributed by atoms with E-state index in [-0.39, 0.29) is 11.1 Å². The SMILES string of the molecule is Cc1ccc(N2C(=O)S/C(=C/c3cccs3)C2=O)cc1. The van der Waals surface area contributed by atoms with E-state index in [9.17, 15) is 9.59 Å². The summed E-state index contributed by atoms with van der Waals surface area (Å²) in [6.45, 7) is 1.97. The summed E-state index contributed by atoms with van der Waals surface area (Å²) in [6.07, 6.45) is 1.77. The molecule has 3 rings (SSSR count). The Balaban J connectivity index is 1.93. The van der Waals surface area contributed by atoms with Crippen LogP contribution in [0.25, 0.3) is 6.08 Å². The summed E-state index contributed by atoms with van der Waals surface area (Å²) in [5.41, 5.74) is 1.71. The number of benzene rings is 1. The molecule has 5 heteroatoms. The maximum Gasteiger partial charge on any atom is 0.298 e. The zero-order valence-electron chi connectivity index (χ0n) is 10.7. The summed E-state index contributed by atoms with van der Waals surface area (Å²) in [5, 5.41) is 1.69. The molecule has 1 saturated heterocycles. The van der Waals surface area contributed by atoms with Gasteiger partial charge in [0, 0.05) is 4.88 Å². The van der Waals surface area contributed by atoms with Crippen LogP contribution in [0.2, 0.25) is 0 Å². The number of nitrogens with zero attached hydrogens (tertiary/aromatic N) is 1. The fourth-order valence-corrected chi connectivity index (χ4v) is 3.45. The molecule has 0 unspecified atom stereocenters. The summed E-state index contributed by atoms with van der Waals surface area (Å²) < 4.78 is 0. The minimum Gasteiger partial charge on any atom is -0.268 e. The summed E-state index contributed by atoms with van der Waals surface area (Å²) >= 11 is 2.52. The third-order valence-corrected chi connectivity index (χ3v) is 4.59. The van der Waals surface area contributed by atoms with Gasteiger partial charge in [0.05, 0.1) is 10.6 Å². The fraction of sp³-hybridized carbons (Fsp3) is 0.0667. The van der Waals surface area contributed by atoms with E-state index in [1.54, 1.807) is 29.5 Å². The van der Waals surface area contributed by atoms with Crippen LogP contribution in [0.15, 0.2) is 46.7 Å².